The molecular formula is C20H21F3N2O5S2. The number of ether oxygens (including phenoxy) is 1. The Hall–Kier alpha value is -2.60. The Kier molecular flexibility index (Phi) is 6.84. The molecule has 1 aromatic heterocycles. The van der Waals surface area contributed by atoms with Crippen LogP contribution in [0.1, 0.15) is 39.2 Å². The number of amides is 1. The molecule has 7 nitrogen and oxygen atoms in total. The second-order valence-electron chi connectivity index (χ2n) is 7.31. The molecule has 0 aliphatic carbocycles. The molecule has 0 atom stereocenters. The van der Waals surface area contributed by atoms with E-state index in [2.05, 4.69) is 4.72 Å². The van der Waals surface area contributed by atoms with Crippen molar-refractivity contribution in [2.75, 3.05) is 18.4 Å². The van der Waals surface area contributed by atoms with Crippen molar-refractivity contribution >= 4 is 38.9 Å². The number of carbonyl (C=O) groups is 2. The first-order valence-corrected chi connectivity index (χ1v) is 11.9. The number of halogens is 3. The van der Waals surface area contributed by atoms with Gasteiger partial charge in [-0.25, -0.2) is 13.2 Å². The first-order valence-electron chi connectivity index (χ1n) is 9.58. The maximum atomic E-state index is 13.1. The van der Waals surface area contributed by atoms with Gasteiger partial charge in [0.2, 0.25) is 5.91 Å². The van der Waals surface area contributed by atoms with Crippen LogP contribution >= 0.6 is 11.3 Å². The van der Waals surface area contributed by atoms with Crippen molar-refractivity contribution in [1.29, 1.82) is 0 Å². The Balaban J connectivity index is 1.91. The van der Waals surface area contributed by atoms with Gasteiger partial charge in [-0.05, 0) is 31.0 Å². The molecule has 0 fully saturated rings. The minimum Gasteiger partial charge on any atom is -0.465 e. The molecule has 1 N–H and O–H groups in total. The summed E-state index contributed by atoms with van der Waals surface area (Å²) in [4.78, 5) is 26.3. The summed E-state index contributed by atoms with van der Waals surface area (Å²) in [7, 11) is -3.03. The van der Waals surface area contributed by atoms with E-state index in [-0.39, 0.29) is 29.3 Å². The molecule has 1 amide bonds. The third-order valence-corrected chi connectivity index (χ3v) is 8.05. The summed E-state index contributed by atoms with van der Waals surface area (Å²) >= 11 is 0.812. The van der Waals surface area contributed by atoms with Crippen LogP contribution in [0.5, 0.6) is 0 Å². The Labute approximate surface area is 187 Å². The van der Waals surface area contributed by atoms with E-state index in [1.807, 2.05) is 6.92 Å². The zero-order valence-corrected chi connectivity index (χ0v) is 18.9. The third kappa shape index (κ3) is 5.41. The molecule has 174 valence electrons. The average molecular weight is 491 g/mol. The number of carbonyl (C=O) groups excluding carboxylic acids is 2. The number of hydrogen-bond acceptors (Lipinski definition) is 6. The molecule has 0 saturated heterocycles. The molecule has 1 aliphatic heterocycles. The third-order valence-electron chi connectivity index (χ3n) is 4.94. The molecule has 12 heteroatoms. The van der Waals surface area contributed by atoms with E-state index >= 15 is 0 Å². The van der Waals surface area contributed by atoms with Crippen molar-refractivity contribution in [1.82, 2.24) is 4.90 Å². The highest BCUT2D eigenvalue weighted by molar-refractivity contribution is 7.94. The van der Waals surface area contributed by atoms with E-state index in [0.29, 0.717) is 16.1 Å². The summed E-state index contributed by atoms with van der Waals surface area (Å²) in [5, 5.41) is 0. The molecule has 0 unspecified atom stereocenters. The van der Waals surface area contributed by atoms with Gasteiger partial charge in [0.05, 0.1) is 25.6 Å². The van der Waals surface area contributed by atoms with Gasteiger partial charge in [0.25, 0.3) is 10.0 Å². The highest BCUT2D eigenvalue weighted by Crippen LogP contribution is 2.38. The molecule has 3 rings (SSSR count). The van der Waals surface area contributed by atoms with Crippen molar-refractivity contribution in [2.45, 2.75) is 43.1 Å². The highest BCUT2D eigenvalue weighted by atomic mass is 32.2. The molecule has 32 heavy (non-hydrogen) atoms. The fourth-order valence-electron chi connectivity index (χ4n) is 3.32. The van der Waals surface area contributed by atoms with Crippen molar-refractivity contribution < 1.29 is 35.9 Å². The van der Waals surface area contributed by atoms with Crippen LogP contribution in [-0.4, -0.2) is 45.0 Å². The number of esters is 1. The summed E-state index contributed by atoms with van der Waals surface area (Å²) in [5.41, 5.74) is 1.58. The summed E-state index contributed by atoms with van der Waals surface area (Å²) in [5.74, 6) is -1.51. The van der Waals surface area contributed by atoms with Crippen LogP contribution in [-0.2, 0) is 32.5 Å². The van der Waals surface area contributed by atoms with Crippen LogP contribution in [0.25, 0.3) is 0 Å². The number of hydrogen-bond donors (Lipinski definition) is 1. The van der Waals surface area contributed by atoms with Gasteiger partial charge in [-0.3, -0.25) is 9.52 Å². The lowest BCUT2D eigenvalue weighted by atomic mass is 10.0. The molecule has 0 spiro atoms. The van der Waals surface area contributed by atoms with Crippen molar-refractivity contribution in [3.8, 4) is 0 Å². The summed E-state index contributed by atoms with van der Waals surface area (Å²) < 4.78 is 70.4. The van der Waals surface area contributed by atoms with Crippen LogP contribution in [0.2, 0.25) is 0 Å². The fraction of sp³-hybridized carbons (Fsp3) is 0.400. The minimum atomic E-state index is -4.44. The van der Waals surface area contributed by atoms with E-state index in [1.165, 1.54) is 4.90 Å². The van der Waals surface area contributed by atoms with Crippen LogP contribution < -0.4 is 4.72 Å². The van der Waals surface area contributed by atoms with E-state index in [4.69, 9.17) is 4.74 Å². The Morgan fingerprint density at radius 1 is 1.22 bits per heavy atom. The SMILES string of the molecule is COC(=O)c1c(S(=O)(=O)Nc2ccc(C)cc2)sc2c1CCN(C(=O)CCC(F)(F)F)C2. The second kappa shape index (κ2) is 9.10. The monoisotopic (exact) mass is 490 g/mol. The second-order valence-corrected chi connectivity index (χ2v) is 10.3. The van der Waals surface area contributed by atoms with E-state index in [9.17, 15) is 31.2 Å². The number of rotatable bonds is 6. The summed E-state index contributed by atoms with van der Waals surface area (Å²) in [6.45, 7) is 1.86. The number of sulfonamides is 1. The first kappa shape index (κ1) is 24.1. The number of nitrogens with one attached hydrogen (secondary N) is 1. The van der Waals surface area contributed by atoms with Crippen molar-refractivity contribution in [3.05, 3.63) is 45.8 Å². The number of anilines is 1. The van der Waals surface area contributed by atoms with Gasteiger partial charge in [-0.2, -0.15) is 13.2 Å². The van der Waals surface area contributed by atoms with Gasteiger partial charge in [0.15, 0.2) is 4.21 Å². The molecule has 0 saturated carbocycles. The van der Waals surface area contributed by atoms with Crippen LogP contribution in [0.15, 0.2) is 28.5 Å². The Morgan fingerprint density at radius 3 is 2.47 bits per heavy atom. The number of benzene rings is 1. The lowest BCUT2D eigenvalue weighted by molar-refractivity contribution is -0.149. The zero-order chi connectivity index (χ0) is 23.7. The van der Waals surface area contributed by atoms with Gasteiger partial charge in [0, 0.05) is 23.5 Å². The molecule has 1 aliphatic rings. The quantitative estimate of drug-likeness (QED) is 0.621. The predicted octanol–water partition coefficient (Wildman–Crippen LogP) is 3.87. The molecule has 0 radical (unpaired) electrons. The lowest BCUT2D eigenvalue weighted by Crippen LogP contribution is -2.36. The highest BCUT2D eigenvalue weighted by Gasteiger charge is 2.36. The number of fused-ring (bicyclic) bond motifs is 1. The lowest BCUT2D eigenvalue weighted by Gasteiger charge is -2.27. The summed E-state index contributed by atoms with van der Waals surface area (Å²) in [6.07, 6.45) is -6.23. The van der Waals surface area contributed by atoms with Gasteiger partial charge < -0.3 is 9.64 Å². The number of nitrogens with zero attached hydrogens (tertiary/aromatic N) is 1. The van der Waals surface area contributed by atoms with Gasteiger partial charge in [-0.1, -0.05) is 17.7 Å². The number of thiophene rings is 1. The van der Waals surface area contributed by atoms with E-state index < -0.39 is 40.9 Å². The largest absolute Gasteiger partial charge is 0.465 e. The van der Waals surface area contributed by atoms with Crippen LogP contribution in [0, 0.1) is 6.92 Å². The molecular weight excluding hydrogens is 469 g/mol. The molecule has 0 bridgehead atoms. The zero-order valence-electron chi connectivity index (χ0n) is 17.3. The normalized spacial score (nSPS) is 14.1. The summed E-state index contributed by atoms with van der Waals surface area (Å²) in [6, 6.07) is 6.62. The fourth-order valence-corrected chi connectivity index (χ4v) is 6.28. The Morgan fingerprint density at radius 2 is 1.88 bits per heavy atom. The van der Waals surface area contributed by atoms with Crippen LogP contribution in [0.4, 0.5) is 18.9 Å². The topological polar surface area (TPSA) is 92.8 Å². The molecule has 2 aromatic rings. The predicted molar refractivity (Wildman–Crippen MR) is 112 cm³/mol. The molecule has 1 aromatic carbocycles. The van der Waals surface area contributed by atoms with Crippen LogP contribution in [0.3, 0.4) is 0 Å². The standard InChI is InChI=1S/C20H21F3N2O5S2/c1-12-3-5-13(6-4-12)24-32(28,29)19-17(18(27)30-2)14-8-10-25(11-15(14)31-19)16(26)7-9-20(21,22)23/h3-6,24H,7-11H2,1-2H3. The van der Waals surface area contributed by atoms with Crippen molar-refractivity contribution in [3.63, 3.8) is 0 Å². The van der Waals surface area contributed by atoms with Crippen molar-refractivity contribution in [2.24, 2.45) is 0 Å². The Bertz CT molecular complexity index is 1130. The maximum absolute atomic E-state index is 13.1. The van der Waals surface area contributed by atoms with E-state index in [0.717, 1.165) is 24.0 Å². The number of methoxy groups -OCH3 is 1. The first-order chi connectivity index (χ1) is 14.9. The molecule has 2 heterocycles. The van der Waals surface area contributed by atoms with Gasteiger partial charge in [0.1, 0.15) is 0 Å². The van der Waals surface area contributed by atoms with Gasteiger partial charge in [-0.15, -0.1) is 11.3 Å². The van der Waals surface area contributed by atoms with E-state index in [1.54, 1.807) is 24.3 Å². The smallest absolute Gasteiger partial charge is 0.389 e. The average Bonchev–Trinajstić information content (AvgIpc) is 3.12. The number of aryl methyl sites for hydroxylation is 1. The van der Waals surface area contributed by atoms with Gasteiger partial charge >= 0.3 is 12.1 Å². The minimum absolute atomic E-state index is 0.0687. The number of alkyl halides is 3. The maximum Gasteiger partial charge on any atom is 0.389 e.